The molecule has 1 aliphatic rings. The van der Waals surface area contributed by atoms with Crippen molar-refractivity contribution in [1.29, 1.82) is 0 Å². The SMILES string of the molecule is CON(C)CCCN1C(=O)c2ccccc2C1=O. The van der Waals surface area contributed by atoms with Crippen LogP contribution in [-0.2, 0) is 4.84 Å². The maximum absolute atomic E-state index is 12.0. The van der Waals surface area contributed by atoms with E-state index in [0.29, 0.717) is 30.6 Å². The quantitative estimate of drug-likeness (QED) is 0.579. The van der Waals surface area contributed by atoms with Gasteiger partial charge in [-0.2, -0.15) is 5.06 Å². The van der Waals surface area contributed by atoms with Gasteiger partial charge >= 0.3 is 0 Å². The van der Waals surface area contributed by atoms with Crippen LogP contribution < -0.4 is 0 Å². The number of carbonyl (C=O) groups excluding carboxylic acids is 2. The van der Waals surface area contributed by atoms with Gasteiger partial charge in [0.1, 0.15) is 0 Å². The third-order valence-electron chi connectivity index (χ3n) is 3.04. The van der Waals surface area contributed by atoms with Crippen molar-refractivity contribution in [2.45, 2.75) is 6.42 Å². The van der Waals surface area contributed by atoms with E-state index in [1.165, 1.54) is 4.90 Å². The van der Waals surface area contributed by atoms with Crippen molar-refractivity contribution in [2.24, 2.45) is 0 Å². The highest BCUT2D eigenvalue weighted by atomic mass is 16.7. The third-order valence-corrected chi connectivity index (χ3v) is 3.04. The molecule has 5 nitrogen and oxygen atoms in total. The van der Waals surface area contributed by atoms with Crippen LogP contribution in [0, 0.1) is 0 Å². The van der Waals surface area contributed by atoms with Crippen molar-refractivity contribution in [3.8, 4) is 0 Å². The fraction of sp³-hybridized carbons (Fsp3) is 0.385. The van der Waals surface area contributed by atoms with E-state index in [1.54, 1.807) is 36.4 Å². The Morgan fingerprint density at radius 1 is 1.17 bits per heavy atom. The second-order valence-corrected chi connectivity index (χ2v) is 4.20. The van der Waals surface area contributed by atoms with E-state index in [1.807, 2.05) is 7.05 Å². The van der Waals surface area contributed by atoms with Gasteiger partial charge < -0.3 is 4.84 Å². The maximum Gasteiger partial charge on any atom is 0.261 e. The third kappa shape index (κ3) is 2.27. The normalized spacial score (nSPS) is 14.5. The number of carbonyl (C=O) groups is 2. The maximum atomic E-state index is 12.0. The summed E-state index contributed by atoms with van der Waals surface area (Å²) in [7, 11) is 3.39. The molecule has 0 atom stereocenters. The van der Waals surface area contributed by atoms with Crippen molar-refractivity contribution < 1.29 is 14.4 Å². The second kappa shape index (κ2) is 5.29. The number of hydrogen-bond donors (Lipinski definition) is 0. The lowest BCUT2D eigenvalue weighted by molar-refractivity contribution is -0.109. The first-order chi connectivity index (χ1) is 8.65. The summed E-state index contributed by atoms with van der Waals surface area (Å²) in [4.78, 5) is 30.3. The molecule has 0 unspecified atom stereocenters. The number of rotatable bonds is 5. The molecule has 0 radical (unpaired) electrons. The topological polar surface area (TPSA) is 49.9 Å². The molecule has 0 bridgehead atoms. The molecule has 0 fully saturated rings. The van der Waals surface area contributed by atoms with E-state index in [0.717, 1.165) is 0 Å². The Kier molecular flexibility index (Phi) is 3.74. The van der Waals surface area contributed by atoms with Gasteiger partial charge in [-0.15, -0.1) is 0 Å². The Balaban J connectivity index is 2.01. The molecule has 2 amide bonds. The predicted octanol–water partition coefficient (Wildman–Crippen LogP) is 1.17. The minimum absolute atomic E-state index is 0.198. The lowest BCUT2D eigenvalue weighted by atomic mass is 10.1. The van der Waals surface area contributed by atoms with Gasteiger partial charge in [0, 0.05) is 20.1 Å². The molecular formula is C13H16N2O3. The summed E-state index contributed by atoms with van der Waals surface area (Å²) in [6, 6.07) is 6.92. The molecule has 1 aromatic carbocycles. The highest BCUT2D eigenvalue weighted by Gasteiger charge is 2.34. The molecular weight excluding hydrogens is 232 g/mol. The summed E-state index contributed by atoms with van der Waals surface area (Å²) < 4.78 is 0. The summed E-state index contributed by atoms with van der Waals surface area (Å²) in [5, 5.41) is 1.66. The van der Waals surface area contributed by atoms with Gasteiger partial charge in [-0.05, 0) is 18.6 Å². The summed E-state index contributed by atoms with van der Waals surface area (Å²) in [5.74, 6) is -0.397. The summed E-state index contributed by atoms with van der Waals surface area (Å²) >= 11 is 0. The monoisotopic (exact) mass is 248 g/mol. The van der Waals surface area contributed by atoms with Gasteiger partial charge in [0.05, 0.1) is 18.2 Å². The number of fused-ring (bicyclic) bond motifs is 1. The van der Waals surface area contributed by atoms with Crippen LogP contribution in [0.4, 0.5) is 0 Å². The zero-order chi connectivity index (χ0) is 13.1. The van der Waals surface area contributed by atoms with Crippen molar-refractivity contribution in [2.75, 3.05) is 27.2 Å². The Morgan fingerprint density at radius 2 is 1.72 bits per heavy atom. The van der Waals surface area contributed by atoms with Crippen molar-refractivity contribution in [3.63, 3.8) is 0 Å². The van der Waals surface area contributed by atoms with Crippen LogP contribution in [0.5, 0.6) is 0 Å². The summed E-state index contributed by atoms with van der Waals surface area (Å²) in [6.45, 7) is 1.09. The van der Waals surface area contributed by atoms with Gasteiger partial charge in [0.15, 0.2) is 0 Å². The fourth-order valence-corrected chi connectivity index (χ4v) is 1.98. The number of imide groups is 1. The number of hydroxylamine groups is 2. The molecule has 96 valence electrons. The molecule has 1 aromatic rings. The minimum Gasteiger partial charge on any atom is -0.303 e. The first-order valence-electron chi connectivity index (χ1n) is 5.85. The number of amides is 2. The van der Waals surface area contributed by atoms with Crippen molar-refractivity contribution in [3.05, 3.63) is 35.4 Å². The Morgan fingerprint density at radius 3 is 2.22 bits per heavy atom. The zero-order valence-corrected chi connectivity index (χ0v) is 10.5. The average Bonchev–Trinajstić information content (AvgIpc) is 2.64. The molecule has 2 rings (SSSR count). The van der Waals surface area contributed by atoms with Crippen molar-refractivity contribution >= 4 is 11.8 Å². The van der Waals surface area contributed by atoms with Crippen LogP contribution >= 0.6 is 0 Å². The number of hydrogen-bond acceptors (Lipinski definition) is 4. The van der Waals surface area contributed by atoms with Crippen LogP contribution in [0.25, 0.3) is 0 Å². The molecule has 1 heterocycles. The number of benzene rings is 1. The van der Waals surface area contributed by atoms with E-state index in [-0.39, 0.29) is 11.8 Å². The lowest BCUT2D eigenvalue weighted by Crippen LogP contribution is -2.32. The van der Waals surface area contributed by atoms with Crippen LogP contribution in [0.3, 0.4) is 0 Å². The van der Waals surface area contributed by atoms with E-state index in [9.17, 15) is 9.59 Å². The first-order valence-corrected chi connectivity index (χ1v) is 5.85. The highest BCUT2D eigenvalue weighted by Crippen LogP contribution is 2.22. The van der Waals surface area contributed by atoms with E-state index in [4.69, 9.17) is 4.84 Å². The molecule has 18 heavy (non-hydrogen) atoms. The first kappa shape index (κ1) is 12.7. The van der Waals surface area contributed by atoms with Gasteiger partial charge in [-0.25, -0.2) is 0 Å². The second-order valence-electron chi connectivity index (χ2n) is 4.20. The van der Waals surface area contributed by atoms with Crippen molar-refractivity contribution in [1.82, 2.24) is 9.96 Å². The van der Waals surface area contributed by atoms with E-state index in [2.05, 4.69) is 0 Å². The summed E-state index contributed by atoms with van der Waals surface area (Å²) in [5.41, 5.74) is 1.00. The van der Waals surface area contributed by atoms with Crippen LogP contribution in [0.1, 0.15) is 27.1 Å². The Hall–Kier alpha value is -1.72. The van der Waals surface area contributed by atoms with Gasteiger partial charge in [-0.1, -0.05) is 12.1 Å². The average molecular weight is 248 g/mol. The molecule has 0 saturated heterocycles. The highest BCUT2D eigenvalue weighted by molar-refractivity contribution is 6.21. The molecule has 0 aromatic heterocycles. The van der Waals surface area contributed by atoms with E-state index < -0.39 is 0 Å². The molecule has 0 spiro atoms. The minimum atomic E-state index is -0.198. The standard InChI is InChI=1S/C13H16N2O3/c1-14(18-2)8-5-9-15-12(16)10-6-3-4-7-11(10)13(15)17/h3-4,6-7H,5,8-9H2,1-2H3. The molecule has 0 N–H and O–H groups in total. The fourth-order valence-electron chi connectivity index (χ4n) is 1.98. The number of nitrogens with zero attached hydrogens (tertiary/aromatic N) is 2. The molecule has 0 aliphatic carbocycles. The smallest absolute Gasteiger partial charge is 0.261 e. The Bertz CT molecular complexity index is 438. The van der Waals surface area contributed by atoms with Crippen LogP contribution in [0.15, 0.2) is 24.3 Å². The zero-order valence-electron chi connectivity index (χ0n) is 10.5. The van der Waals surface area contributed by atoms with E-state index >= 15 is 0 Å². The van der Waals surface area contributed by atoms with Gasteiger partial charge in [-0.3, -0.25) is 14.5 Å². The largest absolute Gasteiger partial charge is 0.303 e. The molecule has 0 saturated carbocycles. The Labute approximate surface area is 106 Å². The summed E-state index contributed by atoms with van der Waals surface area (Å²) in [6.07, 6.45) is 0.690. The predicted molar refractivity (Wildman–Crippen MR) is 66.1 cm³/mol. The van der Waals surface area contributed by atoms with Crippen LogP contribution in [-0.4, -0.2) is 49.0 Å². The molecule has 1 aliphatic heterocycles. The van der Waals surface area contributed by atoms with Gasteiger partial charge in [0.25, 0.3) is 11.8 Å². The molecule has 5 heteroatoms. The lowest BCUT2D eigenvalue weighted by Gasteiger charge is -2.17. The van der Waals surface area contributed by atoms with Gasteiger partial charge in [0.2, 0.25) is 0 Å². The van der Waals surface area contributed by atoms with Crippen LogP contribution in [0.2, 0.25) is 0 Å².